The van der Waals surface area contributed by atoms with Gasteiger partial charge in [0.1, 0.15) is 17.5 Å². The lowest BCUT2D eigenvalue weighted by atomic mass is 10.1. The number of nitrogens with two attached hydrogens (primary N) is 1. The van der Waals surface area contributed by atoms with E-state index in [0.29, 0.717) is 21.0 Å². The van der Waals surface area contributed by atoms with E-state index in [9.17, 15) is 39.6 Å². The molecule has 1 aliphatic heterocycles. The highest BCUT2D eigenvalue weighted by Crippen LogP contribution is 2.32. The second-order valence-corrected chi connectivity index (χ2v) is 12.3. The van der Waals surface area contributed by atoms with E-state index in [1.54, 1.807) is 4.90 Å². The molecule has 1 atom stereocenters. The van der Waals surface area contributed by atoms with Gasteiger partial charge in [-0.25, -0.2) is 13.4 Å². The highest BCUT2D eigenvalue weighted by Gasteiger charge is 2.41. The number of nitrogens with one attached hydrogen (secondary N) is 1. The fourth-order valence-electron chi connectivity index (χ4n) is 4.38. The van der Waals surface area contributed by atoms with Gasteiger partial charge in [0.25, 0.3) is 0 Å². The third kappa shape index (κ3) is 7.81. The van der Waals surface area contributed by atoms with Crippen molar-refractivity contribution in [1.29, 1.82) is 0 Å². The number of anilines is 2. The van der Waals surface area contributed by atoms with Gasteiger partial charge in [-0.2, -0.15) is 14.3 Å². The van der Waals surface area contributed by atoms with Crippen LogP contribution in [-0.4, -0.2) is 72.0 Å². The molecule has 0 aliphatic carbocycles. The number of hydrogen-bond acceptors (Lipinski definition) is 11. The van der Waals surface area contributed by atoms with Crippen molar-refractivity contribution in [2.75, 3.05) is 30.3 Å². The quantitative estimate of drug-likeness (QED) is 0.264. The Morgan fingerprint density at radius 3 is 2.16 bits per heavy atom. The fourth-order valence-corrected chi connectivity index (χ4v) is 6.86. The molecule has 45 heavy (non-hydrogen) atoms. The van der Waals surface area contributed by atoms with Gasteiger partial charge in [-0.15, -0.1) is 26.3 Å². The number of nitrogen functional groups attached to an aromatic ring is 1. The van der Waals surface area contributed by atoms with E-state index < -0.39 is 46.2 Å². The topological polar surface area (TPSA) is 153 Å². The second-order valence-electron chi connectivity index (χ2n) is 9.42. The Balaban J connectivity index is 1.38. The first-order valence-corrected chi connectivity index (χ1v) is 15.0. The zero-order chi connectivity index (χ0) is 32.6. The van der Waals surface area contributed by atoms with E-state index in [4.69, 9.17) is 5.73 Å². The van der Waals surface area contributed by atoms with Crippen molar-refractivity contribution in [3.63, 3.8) is 0 Å². The van der Waals surface area contributed by atoms with Crippen molar-refractivity contribution >= 4 is 48.7 Å². The van der Waals surface area contributed by atoms with Crippen LogP contribution in [-0.2, 0) is 21.4 Å². The predicted molar refractivity (Wildman–Crippen MR) is 148 cm³/mol. The lowest BCUT2D eigenvalue weighted by molar-refractivity contribution is -0.275. The van der Waals surface area contributed by atoms with Crippen LogP contribution in [0, 0.1) is 0 Å². The van der Waals surface area contributed by atoms with Gasteiger partial charge in [-0.3, -0.25) is 4.79 Å². The van der Waals surface area contributed by atoms with Crippen LogP contribution in [0.3, 0.4) is 0 Å². The predicted octanol–water partition coefficient (Wildman–Crippen LogP) is 3.66. The summed E-state index contributed by atoms with van der Waals surface area (Å²) in [5.74, 6) is -1.85. The number of rotatable bonds is 8. The molecule has 0 bridgehead atoms. The van der Waals surface area contributed by atoms with E-state index >= 15 is 0 Å². The van der Waals surface area contributed by atoms with Crippen molar-refractivity contribution in [2.45, 2.75) is 30.2 Å². The number of alkyl halides is 6. The van der Waals surface area contributed by atoms with E-state index in [0.717, 1.165) is 40.7 Å². The van der Waals surface area contributed by atoms with Crippen LogP contribution in [0.4, 0.5) is 37.4 Å². The van der Waals surface area contributed by atoms with Gasteiger partial charge in [0.05, 0.1) is 15.8 Å². The maximum atomic E-state index is 13.7. The molecule has 0 unspecified atom stereocenters. The molecule has 20 heteroatoms. The smallest absolute Gasteiger partial charge is 0.406 e. The third-order valence-electron chi connectivity index (χ3n) is 6.35. The Morgan fingerprint density at radius 1 is 0.956 bits per heavy atom. The average Bonchev–Trinajstić information content (AvgIpc) is 3.38. The minimum Gasteiger partial charge on any atom is -0.406 e. The summed E-state index contributed by atoms with van der Waals surface area (Å²) < 4.78 is 112. The zero-order valence-corrected chi connectivity index (χ0v) is 24.2. The van der Waals surface area contributed by atoms with Crippen molar-refractivity contribution in [3.05, 3.63) is 60.3 Å². The van der Waals surface area contributed by atoms with Crippen LogP contribution in [0.15, 0.2) is 59.6 Å². The normalized spacial score (nSPS) is 16.5. The first kappa shape index (κ1) is 32.0. The molecule has 3 heterocycles. The first-order chi connectivity index (χ1) is 21.1. The molecule has 240 valence electrons. The molecule has 2 aromatic carbocycles. The Bertz CT molecular complexity index is 1790. The molecule has 0 spiro atoms. The Morgan fingerprint density at radius 2 is 1.56 bits per heavy atom. The Kier molecular flexibility index (Phi) is 8.64. The third-order valence-corrected chi connectivity index (χ3v) is 9.31. The van der Waals surface area contributed by atoms with Gasteiger partial charge in [0.2, 0.25) is 21.9 Å². The highest BCUT2D eigenvalue weighted by molar-refractivity contribution is 7.89. The number of sulfonamides is 1. The van der Waals surface area contributed by atoms with Crippen LogP contribution in [0.5, 0.6) is 11.5 Å². The van der Waals surface area contributed by atoms with Crippen LogP contribution in [0.25, 0.3) is 10.3 Å². The van der Waals surface area contributed by atoms with Gasteiger partial charge in [-0.1, -0.05) is 23.5 Å². The maximum absolute atomic E-state index is 13.7. The number of halogens is 6. The number of hydrogen-bond donors (Lipinski definition) is 2. The number of fused-ring (bicyclic) bond motifs is 1. The summed E-state index contributed by atoms with van der Waals surface area (Å²) in [6.07, 6.45) is -8.39. The monoisotopic (exact) mass is 677 g/mol. The van der Waals surface area contributed by atoms with Crippen molar-refractivity contribution in [1.82, 2.24) is 24.6 Å². The Hall–Kier alpha value is -4.43. The molecule has 3 N–H and O–H groups in total. The molecule has 0 saturated carbocycles. The molecule has 12 nitrogen and oxygen atoms in total. The van der Waals surface area contributed by atoms with Crippen LogP contribution >= 0.6 is 11.3 Å². The highest BCUT2D eigenvalue weighted by atomic mass is 32.2. The summed E-state index contributed by atoms with van der Waals surface area (Å²) in [6.45, 7) is -0.480. The molecule has 4 aromatic rings. The number of aromatic nitrogens is 3. The van der Waals surface area contributed by atoms with Gasteiger partial charge < -0.3 is 25.4 Å². The summed E-state index contributed by atoms with van der Waals surface area (Å²) in [5.41, 5.74) is 6.33. The van der Waals surface area contributed by atoms with Gasteiger partial charge in [0.15, 0.2) is 10.8 Å². The summed E-state index contributed by atoms with van der Waals surface area (Å²) in [7, 11) is -4.43. The minimum absolute atomic E-state index is 0.00262. The van der Waals surface area contributed by atoms with E-state index in [1.165, 1.54) is 29.7 Å². The number of thiazole rings is 1. The largest absolute Gasteiger partial charge is 0.573 e. The van der Waals surface area contributed by atoms with Crippen LogP contribution < -0.4 is 25.4 Å². The number of benzene rings is 2. The lowest BCUT2D eigenvalue weighted by Gasteiger charge is -2.39. The number of carbonyl (C=O) groups is 1. The second kappa shape index (κ2) is 12.2. The SMILES string of the molecule is Nc1ncc2sc(N3CCN(S(=O)(=O)c4ccc(OC(F)(F)F)cc4)[C@@H](C(=O)NCc4ccc(OC(F)(F)F)cc4)C3)nc2n1. The molecule has 1 amide bonds. The molecular formula is C25H21F6N7O5S2. The fraction of sp³-hybridized carbons (Fsp3) is 0.280. The number of piperazine rings is 1. The van der Waals surface area contributed by atoms with E-state index in [1.807, 2.05) is 0 Å². The summed E-state index contributed by atoms with van der Waals surface area (Å²) >= 11 is 1.19. The molecule has 1 aliphatic rings. The summed E-state index contributed by atoms with van der Waals surface area (Å²) in [5, 5.41) is 3.01. The van der Waals surface area contributed by atoms with E-state index in [2.05, 4.69) is 29.7 Å². The summed E-state index contributed by atoms with van der Waals surface area (Å²) in [6, 6.07) is 6.88. The molecule has 1 saturated heterocycles. The van der Waals surface area contributed by atoms with Crippen molar-refractivity contribution in [3.8, 4) is 11.5 Å². The molecule has 2 aromatic heterocycles. The van der Waals surface area contributed by atoms with Crippen LogP contribution in [0.1, 0.15) is 5.56 Å². The van der Waals surface area contributed by atoms with Crippen molar-refractivity contribution in [2.24, 2.45) is 0 Å². The molecular weight excluding hydrogens is 656 g/mol. The zero-order valence-electron chi connectivity index (χ0n) is 22.5. The number of amides is 1. The van der Waals surface area contributed by atoms with Gasteiger partial charge in [-0.05, 0) is 42.0 Å². The maximum Gasteiger partial charge on any atom is 0.573 e. The summed E-state index contributed by atoms with van der Waals surface area (Å²) in [4.78, 5) is 27.2. The average molecular weight is 678 g/mol. The Labute approximate surface area is 254 Å². The minimum atomic E-state index is -4.98. The molecule has 5 rings (SSSR count). The number of carbonyl (C=O) groups excluding carboxylic acids is 1. The van der Waals surface area contributed by atoms with E-state index in [-0.39, 0.29) is 37.0 Å². The lowest BCUT2D eigenvalue weighted by Crippen LogP contribution is -2.60. The van der Waals surface area contributed by atoms with Gasteiger partial charge >= 0.3 is 12.7 Å². The number of ether oxygens (including phenoxy) is 2. The van der Waals surface area contributed by atoms with Crippen LogP contribution in [0.2, 0.25) is 0 Å². The molecule has 0 radical (unpaired) electrons. The van der Waals surface area contributed by atoms with Gasteiger partial charge in [0, 0.05) is 26.2 Å². The standard InChI is InChI=1S/C25H21F6N7O5S2/c26-24(27,28)42-15-3-1-14(2-4-15)11-33-21(39)18-13-37(23-36-20-19(44-23)12-34-22(32)35-20)9-10-38(18)45(40,41)17-7-5-16(6-8-17)43-25(29,30)31/h1-8,12,18H,9-11,13H2,(H,33,39)(H2,32,34,35)/t18-/m1/s1. The number of nitrogens with zero attached hydrogens (tertiary/aromatic N) is 5. The molecule has 1 fully saturated rings. The first-order valence-electron chi connectivity index (χ1n) is 12.7. The van der Waals surface area contributed by atoms with Crippen molar-refractivity contribution < 1.29 is 49.0 Å².